The molecule has 0 N–H and O–H groups in total. The maximum atomic E-state index is 10.7. The van der Waals surface area contributed by atoms with E-state index in [-0.39, 0.29) is 0 Å². The molecule has 0 atom stereocenters. The molecule has 2 nitrogen and oxygen atoms in total. The van der Waals surface area contributed by atoms with Crippen molar-refractivity contribution in [2.75, 3.05) is 0 Å². The van der Waals surface area contributed by atoms with Gasteiger partial charge in [0.25, 0.3) is 0 Å². The van der Waals surface area contributed by atoms with E-state index >= 15 is 0 Å². The Morgan fingerprint density at radius 3 is 1.47 bits per heavy atom. The first-order valence-electron chi connectivity index (χ1n) is 4.69. The van der Waals surface area contributed by atoms with Gasteiger partial charge in [-0.1, -0.05) is 36.4 Å². The monoisotopic (exact) mass is 198 g/mol. The van der Waals surface area contributed by atoms with Gasteiger partial charge in [-0.3, -0.25) is 0 Å². The van der Waals surface area contributed by atoms with Crippen LogP contribution in [0, 0.1) is 0 Å². The van der Waals surface area contributed by atoms with Gasteiger partial charge >= 0.3 is 5.78 Å². The van der Waals surface area contributed by atoms with Crippen LogP contribution in [-0.2, 0) is 0 Å². The molecule has 0 aliphatic rings. The summed E-state index contributed by atoms with van der Waals surface area (Å²) < 4.78 is 4.19. The van der Waals surface area contributed by atoms with Crippen molar-refractivity contribution in [1.82, 2.24) is 0 Å². The lowest BCUT2D eigenvalue weighted by molar-refractivity contribution is -0.937. The van der Waals surface area contributed by atoms with Crippen molar-refractivity contribution in [3.8, 4) is 0 Å². The van der Waals surface area contributed by atoms with Gasteiger partial charge in [0.2, 0.25) is 0 Å². The highest BCUT2D eigenvalue weighted by Gasteiger charge is 2.16. The van der Waals surface area contributed by atoms with E-state index in [1.165, 1.54) is 0 Å². The summed E-state index contributed by atoms with van der Waals surface area (Å²) in [7, 11) is 0. The molecule has 74 valence electrons. The minimum atomic E-state index is 0.358. The summed E-state index contributed by atoms with van der Waals surface area (Å²) in [5.41, 5.74) is 1.58. The Morgan fingerprint density at radius 1 is 0.733 bits per heavy atom. The largest absolute Gasteiger partial charge is 0.462 e. The number of hydrogen-bond donors (Lipinski definition) is 0. The van der Waals surface area contributed by atoms with Crippen LogP contribution in [0.3, 0.4) is 0 Å². The van der Waals surface area contributed by atoms with E-state index in [1.807, 2.05) is 60.7 Å². The zero-order valence-corrected chi connectivity index (χ0v) is 8.09. The highest BCUT2D eigenvalue weighted by molar-refractivity contribution is 6.09. The molecule has 0 spiro atoms. The van der Waals surface area contributed by atoms with Crippen LogP contribution in [0.4, 0.5) is 0 Å². The van der Waals surface area contributed by atoms with Crippen LogP contribution in [0.15, 0.2) is 60.7 Å². The van der Waals surface area contributed by atoms with Crippen LogP contribution in [0.2, 0.25) is 0 Å². The molecule has 0 unspecified atom stereocenters. The van der Waals surface area contributed by atoms with Crippen molar-refractivity contribution in [2.24, 2.45) is 0 Å². The lowest BCUT2D eigenvalue weighted by Crippen LogP contribution is -2.08. The maximum Gasteiger partial charge on any atom is 0.390 e. The topological polar surface area (TPSA) is 34.4 Å². The highest BCUT2D eigenvalue weighted by Crippen LogP contribution is 2.09. The number of carbonyl (C=O) groups excluding carboxylic acids is 1. The molecule has 0 bridgehead atoms. The van der Waals surface area contributed by atoms with E-state index in [4.69, 9.17) is 0 Å². The molecule has 15 heavy (non-hydrogen) atoms. The molecule has 2 heteroatoms. The Bertz CT molecular complexity index is 405. The molecule has 2 rings (SSSR count). The summed E-state index contributed by atoms with van der Waals surface area (Å²) in [6, 6.07) is 18.7. The van der Waals surface area contributed by atoms with Crippen LogP contribution in [-0.4, -0.2) is 5.78 Å². The Kier molecular flexibility index (Phi) is 2.79. The van der Waals surface area contributed by atoms with Crippen molar-refractivity contribution in [2.45, 2.75) is 0 Å². The van der Waals surface area contributed by atoms with E-state index in [9.17, 15) is 5.26 Å². The molecular formula is C13H10O2. The molecule has 0 heterocycles. The Hall–Kier alpha value is -2.09. The summed E-state index contributed by atoms with van der Waals surface area (Å²) in [6.07, 6.45) is 0. The second-order valence-corrected chi connectivity index (χ2v) is 3.14. The van der Waals surface area contributed by atoms with Gasteiger partial charge in [0.1, 0.15) is 0 Å². The highest BCUT2D eigenvalue weighted by atomic mass is 17.1. The lowest BCUT2D eigenvalue weighted by atomic mass is 10.0. The van der Waals surface area contributed by atoms with Gasteiger partial charge in [-0.25, -0.2) is 0 Å². The van der Waals surface area contributed by atoms with Crippen molar-refractivity contribution in [3.05, 3.63) is 71.8 Å². The molecule has 0 saturated carbocycles. The minimum Gasteiger partial charge on any atom is -0.462 e. The molecule has 0 aliphatic heterocycles. The van der Waals surface area contributed by atoms with Crippen molar-refractivity contribution in [1.29, 1.82) is 0 Å². The van der Waals surface area contributed by atoms with Crippen LogP contribution < -0.4 is 5.26 Å². The molecule has 0 aromatic heterocycles. The average Bonchev–Trinajstić information content (AvgIpc) is 2.33. The third-order valence-electron chi connectivity index (χ3n) is 2.16. The molecule has 0 aliphatic carbocycles. The molecule has 0 saturated heterocycles. The molecule has 0 radical (unpaired) electrons. The first-order chi connectivity index (χ1) is 7.42. The number of hydrogen-bond acceptors (Lipinski definition) is 1. The molecule has 0 amide bonds. The summed E-state index contributed by atoms with van der Waals surface area (Å²) in [6.45, 7) is 0. The zero-order valence-electron chi connectivity index (χ0n) is 8.09. The number of rotatable bonds is 2. The van der Waals surface area contributed by atoms with E-state index in [0.29, 0.717) is 5.78 Å². The minimum absolute atomic E-state index is 0.358. The Labute approximate surface area is 88.1 Å². The van der Waals surface area contributed by atoms with Crippen LogP contribution in [0.25, 0.3) is 0 Å². The summed E-state index contributed by atoms with van der Waals surface area (Å²) in [4.78, 5) is 0. The number of benzene rings is 2. The average molecular weight is 198 g/mol. The fourth-order valence-electron chi connectivity index (χ4n) is 1.44. The quantitative estimate of drug-likeness (QED) is 0.313. The van der Waals surface area contributed by atoms with Gasteiger partial charge < -0.3 is 5.26 Å². The fraction of sp³-hybridized carbons (Fsp3) is 0. The van der Waals surface area contributed by atoms with Gasteiger partial charge in [0.15, 0.2) is 0 Å². The van der Waals surface area contributed by atoms with Crippen LogP contribution in [0.1, 0.15) is 15.7 Å². The third-order valence-corrected chi connectivity index (χ3v) is 2.16. The normalized spacial score (nSPS) is 9.60. The van der Waals surface area contributed by atoms with E-state index in [1.54, 1.807) is 0 Å². The predicted octanol–water partition coefficient (Wildman–Crippen LogP) is 1.73. The second kappa shape index (κ2) is 4.42. The van der Waals surface area contributed by atoms with Gasteiger partial charge in [0.05, 0.1) is 11.1 Å². The predicted molar refractivity (Wildman–Crippen MR) is 56.3 cm³/mol. The Morgan fingerprint density at radius 2 is 1.13 bits per heavy atom. The van der Waals surface area contributed by atoms with Gasteiger partial charge in [0, 0.05) is 0 Å². The van der Waals surface area contributed by atoms with Crippen molar-refractivity contribution >= 4 is 5.78 Å². The third kappa shape index (κ3) is 2.05. The second-order valence-electron chi connectivity index (χ2n) is 3.14. The molecule has 0 fully saturated rings. The fourth-order valence-corrected chi connectivity index (χ4v) is 1.44. The van der Waals surface area contributed by atoms with Crippen LogP contribution in [0.5, 0.6) is 0 Å². The molecule has 2 aromatic carbocycles. The van der Waals surface area contributed by atoms with Gasteiger partial charge in [-0.05, 0) is 24.3 Å². The van der Waals surface area contributed by atoms with Gasteiger partial charge in [-0.2, -0.15) is 4.58 Å². The molecular weight excluding hydrogens is 188 g/mol. The van der Waals surface area contributed by atoms with E-state index < -0.39 is 0 Å². The first kappa shape index (κ1) is 9.46. The zero-order chi connectivity index (χ0) is 10.5. The maximum absolute atomic E-state index is 10.7. The van der Waals surface area contributed by atoms with Gasteiger partial charge in [-0.15, -0.1) is 0 Å². The van der Waals surface area contributed by atoms with Crippen molar-refractivity contribution in [3.63, 3.8) is 0 Å². The summed E-state index contributed by atoms with van der Waals surface area (Å²) in [5, 5.41) is 10.7. The lowest BCUT2D eigenvalue weighted by Gasteiger charge is -1.96. The van der Waals surface area contributed by atoms with Crippen molar-refractivity contribution < 1.29 is 9.83 Å². The van der Waals surface area contributed by atoms with E-state index in [2.05, 4.69) is 4.58 Å². The summed E-state index contributed by atoms with van der Waals surface area (Å²) >= 11 is 0. The smallest absolute Gasteiger partial charge is 0.390 e. The van der Waals surface area contributed by atoms with Crippen LogP contribution >= 0.6 is 0 Å². The first-order valence-corrected chi connectivity index (χ1v) is 4.69. The molecule has 2 aromatic rings. The summed E-state index contributed by atoms with van der Waals surface area (Å²) in [5.74, 6) is 0.358. The SMILES string of the molecule is [O-][O+]=C(c1ccccc1)c1ccccc1. The Balaban J connectivity index is 2.44. The van der Waals surface area contributed by atoms with E-state index in [0.717, 1.165) is 11.1 Å². The number of ketones is 1. The standard InChI is InChI=1S/C13H10O2/c14-15-13(11-7-3-1-4-8-11)12-9-5-2-6-10-12/h1-10H.